The van der Waals surface area contributed by atoms with E-state index in [1.165, 1.54) is 0 Å². The highest BCUT2D eigenvalue weighted by atomic mass is 16.5. The average Bonchev–Trinajstić information content (AvgIpc) is 3.13. The van der Waals surface area contributed by atoms with Crippen LogP contribution in [0.4, 0.5) is 0 Å². The number of benzene rings is 1. The number of aromatic nitrogens is 1. The standard InChI is InChI=1S/C20H22N4O4/c1-4-27-20(25)17(23-24-21)9-7-5-6-8-15-10-11-16(18(12-15)26-3)19-13-22-14(2)28-19/h10-13,17H,4-5,7,9H2,1-3H3. The number of ether oxygens (including phenoxy) is 2. The predicted molar refractivity (Wildman–Crippen MR) is 104 cm³/mol. The molecule has 8 nitrogen and oxygen atoms in total. The van der Waals surface area contributed by atoms with E-state index in [-0.39, 0.29) is 6.61 Å². The maximum absolute atomic E-state index is 11.7. The molecule has 1 heterocycles. The predicted octanol–water partition coefficient (Wildman–Crippen LogP) is 4.42. The second-order valence-corrected chi connectivity index (χ2v) is 5.83. The minimum absolute atomic E-state index is 0.252. The third-order valence-electron chi connectivity index (χ3n) is 3.85. The molecule has 0 amide bonds. The number of hydrogen-bond acceptors (Lipinski definition) is 6. The van der Waals surface area contributed by atoms with Crippen LogP contribution in [0.25, 0.3) is 21.8 Å². The Bertz CT molecular complexity index is 920. The number of aryl methyl sites for hydroxylation is 1. The molecule has 0 radical (unpaired) electrons. The zero-order valence-electron chi connectivity index (χ0n) is 16.1. The molecule has 1 atom stereocenters. The van der Waals surface area contributed by atoms with E-state index in [9.17, 15) is 4.79 Å². The monoisotopic (exact) mass is 382 g/mol. The van der Waals surface area contributed by atoms with Gasteiger partial charge < -0.3 is 13.9 Å². The second-order valence-electron chi connectivity index (χ2n) is 5.83. The van der Waals surface area contributed by atoms with Crippen molar-refractivity contribution in [3.05, 3.63) is 46.3 Å². The summed E-state index contributed by atoms with van der Waals surface area (Å²) < 4.78 is 15.9. The Balaban J connectivity index is 1.98. The van der Waals surface area contributed by atoms with Crippen LogP contribution in [0.2, 0.25) is 0 Å². The smallest absolute Gasteiger partial charge is 0.314 e. The molecule has 8 heteroatoms. The summed E-state index contributed by atoms with van der Waals surface area (Å²) in [7, 11) is 1.59. The largest absolute Gasteiger partial charge is 0.496 e. The first-order valence-corrected chi connectivity index (χ1v) is 8.89. The summed E-state index contributed by atoms with van der Waals surface area (Å²) in [6, 6.07) is 4.78. The van der Waals surface area contributed by atoms with Crippen LogP contribution in [0.1, 0.15) is 37.6 Å². The lowest BCUT2D eigenvalue weighted by molar-refractivity contribution is -0.144. The Kier molecular flexibility index (Phi) is 7.94. The molecule has 1 aromatic carbocycles. The van der Waals surface area contributed by atoms with Gasteiger partial charge in [0.2, 0.25) is 0 Å². The summed E-state index contributed by atoms with van der Waals surface area (Å²) in [5.41, 5.74) is 10.2. The molecule has 1 aromatic heterocycles. The molecule has 0 spiro atoms. The van der Waals surface area contributed by atoms with E-state index < -0.39 is 12.0 Å². The summed E-state index contributed by atoms with van der Waals surface area (Å²) in [6.45, 7) is 3.74. The minimum Gasteiger partial charge on any atom is -0.496 e. The normalized spacial score (nSPS) is 11.0. The first kappa shape index (κ1) is 20.9. The van der Waals surface area contributed by atoms with Gasteiger partial charge in [-0.1, -0.05) is 17.0 Å². The zero-order chi connectivity index (χ0) is 20.4. The number of oxazole rings is 1. The number of carbonyl (C=O) groups is 1. The summed E-state index contributed by atoms with van der Waals surface area (Å²) in [4.78, 5) is 18.5. The van der Waals surface area contributed by atoms with Crippen LogP contribution in [-0.4, -0.2) is 30.7 Å². The van der Waals surface area contributed by atoms with Crippen molar-refractivity contribution in [3.8, 4) is 28.9 Å². The van der Waals surface area contributed by atoms with Crippen LogP contribution in [0, 0.1) is 18.8 Å². The summed E-state index contributed by atoms with van der Waals surface area (Å²) in [5, 5.41) is 3.49. The first-order chi connectivity index (χ1) is 13.6. The van der Waals surface area contributed by atoms with E-state index in [0.717, 1.165) is 11.1 Å². The van der Waals surface area contributed by atoms with Crippen LogP contribution >= 0.6 is 0 Å². The quantitative estimate of drug-likeness (QED) is 0.168. The molecule has 2 rings (SSSR count). The molecular weight excluding hydrogens is 360 g/mol. The van der Waals surface area contributed by atoms with Gasteiger partial charge in [0, 0.05) is 23.8 Å². The third-order valence-corrected chi connectivity index (χ3v) is 3.85. The highest BCUT2D eigenvalue weighted by Crippen LogP contribution is 2.31. The maximum Gasteiger partial charge on any atom is 0.314 e. The average molecular weight is 382 g/mol. The lowest BCUT2D eigenvalue weighted by Gasteiger charge is -2.08. The van der Waals surface area contributed by atoms with Crippen molar-refractivity contribution in [1.82, 2.24) is 4.98 Å². The lowest BCUT2D eigenvalue weighted by atomic mass is 10.1. The zero-order valence-corrected chi connectivity index (χ0v) is 16.1. The fourth-order valence-corrected chi connectivity index (χ4v) is 2.53. The molecule has 0 saturated heterocycles. The van der Waals surface area contributed by atoms with E-state index >= 15 is 0 Å². The Hall–Kier alpha value is -3.43. The fourth-order valence-electron chi connectivity index (χ4n) is 2.53. The van der Waals surface area contributed by atoms with E-state index in [1.807, 2.05) is 18.2 Å². The maximum atomic E-state index is 11.7. The molecule has 0 bridgehead atoms. The number of rotatable bonds is 8. The lowest BCUT2D eigenvalue weighted by Crippen LogP contribution is -2.20. The van der Waals surface area contributed by atoms with Crippen molar-refractivity contribution >= 4 is 5.97 Å². The molecule has 0 saturated carbocycles. The number of esters is 1. The fraction of sp³-hybridized carbons (Fsp3) is 0.400. The molecule has 1 unspecified atom stereocenters. The van der Waals surface area contributed by atoms with Gasteiger partial charge in [-0.3, -0.25) is 4.79 Å². The number of nitrogens with zero attached hydrogens (tertiary/aromatic N) is 4. The SMILES string of the molecule is CCOC(=O)C(CCCC#Cc1ccc(-c2cnc(C)o2)c(OC)c1)N=[N+]=[N-]. The molecular formula is C20H22N4O4. The number of carbonyl (C=O) groups excluding carboxylic acids is 1. The van der Waals surface area contributed by atoms with Gasteiger partial charge in [-0.05, 0) is 43.5 Å². The Labute approximate surface area is 163 Å². The van der Waals surface area contributed by atoms with Crippen molar-refractivity contribution in [2.45, 2.75) is 39.2 Å². The van der Waals surface area contributed by atoms with Gasteiger partial charge in [0.25, 0.3) is 0 Å². The molecule has 0 fully saturated rings. The van der Waals surface area contributed by atoms with E-state index in [4.69, 9.17) is 19.4 Å². The summed E-state index contributed by atoms with van der Waals surface area (Å²) in [5.74, 6) is 7.49. The Morgan fingerprint density at radius 3 is 2.93 bits per heavy atom. The number of unbranched alkanes of at least 4 members (excludes halogenated alkanes) is 1. The van der Waals surface area contributed by atoms with E-state index in [0.29, 0.717) is 36.7 Å². The van der Waals surface area contributed by atoms with E-state index in [1.54, 1.807) is 27.2 Å². The van der Waals surface area contributed by atoms with Crippen LogP contribution in [0.5, 0.6) is 5.75 Å². The number of azide groups is 1. The van der Waals surface area contributed by atoms with Crippen molar-refractivity contribution in [2.24, 2.45) is 5.11 Å². The second kappa shape index (κ2) is 10.7. The highest BCUT2D eigenvalue weighted by Gasteiger charge is 2.17. The van der Waals surface area contributed by atoms with E-state index in [2.05, 4.69) is 26.9 Å². The van der Waals surface area contributed by atoms with Crippen molar-refractivity contribution in [2.75, 3.05) is 13.7 Å². The molecule has 28 heavy (non-hydrogen) atoms. The van der Waals surface area contributed by atoms with Crippen LogP contribution < -0.4 is 4.74 Å². The van der Waals surface area contributed by atoms with Gasteiger partial charge in [-0.25, -0.2) is 4.98 Å². The molecule has 2 aromatic rings. The van der Waals surface area contributed by atoms with Gasteiger partial charge in [-0.2, -0.15) is 0 Å². The first-order valence-electron chi connectivity index (χ1n) is 8.89. The van der Waals surface area contributed by atoms with Gasteiger partial charge in [0.05, 0.1) is 25.5 Å². The molecule has 0 aliphatic rings. The number of methoxy groups -OCH3 is 1. The van der Waals surface area contributed by atoms with Crippen LogP contribution in [0.15, 0.2) is 33.9 Å². The van der Waals surface area contributed by atoms with Gasteiger partial charge in [-0.15, -0.1) is 0 Å². The third kappa shape index (κ3) is 5.79. The highest BCUT2D eigenvalue weighted by molar-refractivity contribution is 5.75. The van der Waals surface area contributed by atoms with Crippen molar-refractivity contribution in [1.29, 1.82) is 0 Å². The van der Waals surface area contributed by atoms with Crippen LogP contribution in [0.3, 0.4) is 0 Å². The summed E-state index contributed by atoms with van der Waals surface area (Å²) >= 11 is 0. The topological polar surface area (TPSA) is 110 Å². The molecule has 0 N–H and O–H groups in total. The Morgan fingerprint density at radius 2 is 2.29 bits per heavy atom. The van der Waals surface area contributed by atoms with Gasteiger partial charge in [0.15, 0.2) is 11.7 Å². The number of hydrogen-bond donors (Lipinski definition) is 0. The van der Waals surface area contributed by atoms with Gasteiger partial charge >= 0.3 is 5.97 Å². The van der Waals surface area contributed by atoms with Crippen LogP contribution in [-0.2, 0) is 9.53 Å². The summed E-state index contributed by atoms with van der Waals surface area (Å²) in [6.07, 6.45) is 3.22. The Morgan fingerprint density at radius 1 is 1.46 bits per heavy atom. The van der Waals surface area contributed by atoms with Crippen molar-refractivity contribution in [3.63, 3.8) is 0 Å². The molecule has 146 valence electrons. The molecule has 0 aliphatic carbocycles. The minimum atomic E-state index is -0.809. The van der Waals surface area contributed by atoms with Crippen molar-refractivity contribution < 1.29 is 18.7 Å². The van der Waals surface area contributed by atoms with Gasteiger partial charge in [0.1, 0.15) is 11.8 Å². The molecule has 0 aliphatic heterocycles.